The van der Waals surface area contributed by atoms with Crippen LogP contribution in [-0.2, 0) is 6.42 Å². The molecule has 142 valence electrons. The summed E-state index contributed by atoms with van der Waals surface area (Å²) in [6.45, 7) is 4.24. The molecule has 4 aromatic rings. The number of aryl methyl sites for hydroxylation is 2. The molecule has 0 N–H and O–H groups in total. The molecule has 0 saturated heterocycles. The van der Waals surface area contributed by atoms with Crippen LogP contribution in [-0.4, -0.2) is 0 Å². The second-order valence-electron chi connectivity index (χ2n) is 7.43. The Morgan fingerprint density at radius 2 is 1.48 bits per heavy atom. The second-order valence-corrected chi connectivity index (χ2v) is 7.43. The number of fused-ring (bicyclic) bond motifs is 1. The van der Waals surface area contributed by atoms with E-state index in [0.717, 1.165) is 34.9 Å². The minimum Gasteiger partial charge on any atom is -0.205 e. The van der Waals surface area contributed by atoms with Gasteiger partial charge in [0.15, 0.2) is 0 Å². The van der Waals surface area contributed by atoms with Crippen molar-refractivity contribution in [1.29, 1.82) is 0 Å². The van der Waals surface area contributed by atoms with E-state index in [2.05, 4.69) is 62.1 Å². The van der Waals surface area contributed by atoms with Crippen molar-refractivity contribution in [2.24, 2.45) is 0 Å². The minimum atomic E-state index is -0.256. The molecule has 0 amide bonds. The average molecular weight is 378 g/mol. The van der Waals surface area contributed by atoms with Crippen molar-refractivity contribution in [3.8, 4) is 23.0 Å². The van der Waals surface area contributed by atoms with Crippen LogP contribution in [0.25, 0.3) is 21.9 Å². The van der Waals surface area contributed by atoms with E-state index < -0.39 is 0 Å². The summed E-state index contributed by atoms with van der Waals surface area (Å²) in [7, 11) is 0. The molecule has 0 aliphatic rings. The molecule has 0 spiro atoms. The van der Waals surface area contributed by atoms with Crippen LogP contribution >= 0.6 is 0 Å². The number of hydrogen-bond donors (Lipinski definition) is 0. The van der Waals surface area contributed by atoms with E-state index >= 15 is 4.39 Å². The number of hydrogen-bond acceptors (Lipinski definition) is 0. The van der Waals surface area contributed by atoms with Crippen LogP contribution in [0.3, 0.4) is 0 Å². The Morgan fingerprint density at radius 1 is 0.759 bits per heavy atom. The first-order valence-electron chi connectivity index (χ1n) is 10.0. The summed E-state index contributed by atoms with van der Waals surface area (Å²) in [5.74, 6) is 5.83. The van der Waals surface area contributed by atoms with Gasteiger partial charge in [-0.25, -0.2) is 4.39 Å². The Balaban J connectivity index is 1.64. The molecule has 0 nitrogen and oxygen atoms in total. The highest BCUT2D eigenvalue weighted by atomic mass is 19.1. The molecule has 0 saturated carbocycles. The third-order valence-electron chi connectivity index (χ3n) is 5.17. The highest BCUT2D eigenvalue weighted by Gasteiger charge is 2.07. The molecule has 0 aliphatic carbocycles. The summed E-state index contributed by atoms with van der Waals surface area (Å²) in [5.41, 5.74) is 6.08. The Hall–Kier alpha value is -3.37. The third-order valence-corrected chi connectivity index (χ3v) is 5.17. The summed E-state index contributed by atoms with van der Waals surface area (Å²) >= 11 is 0. The number of benzene rings is 4. The van der Waals surface area contributed by atoms with E-state index in [1.807, 2.05) is 36.4 Å². The van der Waals surface area contributed by atoms with Crippen LogP contribution < -0.4 is 0 Å². The van der Waals surface area contributed by atoms with E-state index in [1.165, 1.54) is 11.1 Å². The van der Waals surface area contributed by atoms with Crippen LogP contribution in [0.15, 0.2) is 78.9 Å². The zero-order chi connectivity index (χ0) is 20.2. The van der Waals surface area contributed by atoms with E-state index in [9.17, 15) is 0 Å². The fraction of sp³-hybridized carbons (Fsp3) is 0.143. The summed E-state index contributed by atoms with van der Waals surface area (Å²) < 4.78 is 15.0. The normalized spacial score (nSPS) is 10.6. The molecular weight excluding hydrogens is 355 g/mol. The van der Waals surface area contributed by atoms with Gasteiger partial charge in [0.25, 0.3) is 0 Å². The predicted octanol–water partition coefficient (Wildman–Crippen LogP) is 7.31. The van der Waals surface area contributed by atoms with Gasteiger partial charge in [-0.1, -0.05) is 85.3 Å². The van der Waals surface area contributed by atoms with Crippen molar-refractivity contribution < 1.29 is 4.39 Å². The standard InChI is InChI=1S/C28H23F/c1-3-4-21-7-9-22(10-8-21)11-14-24-15-16-26-19-25(17-18-27(26)28(24)29)23-12-5-20(2)6-13-23/h5-10,12-13,15-19H,3-4H2,1-2H3. The zero-order valence-corrected chi connectivity index (χ0v) is 16.8. The third kappa shape index (κ3) is 4.23. The highest BCUT2D eigenvalue weighted by molar-refractivity contribution is 5.89. The molecule has 4 aromatic carbocycles. The Kier molecular flexibility index (Phi) is 5.45. The van der Waals surface area contributed by atoms with Crippen molar-refractivity contribution in [3.05, 3.63) is 107 Å². The maximum atomic E-state index is 15.0. The lowest BCUT2D eigenvalue weighted by Crippen LogP contribution is -1.88. The van der Waals surface area contributed by atoms with Gasteiger partial charge in [0.2, 0.25) is 0 Å². The van der Waals surface area contributed by atoms with Gasteiger partial charge in [-0.15, -0.1) is 0 Å². The van der Waals surface area contributed by atoms with Gasteiger partial charge >= 0.3 is 0 Å². The molecule has 0 atom stereocenters. The lowest BCUT2D eigenvalue weighted by molar-refractivity contribution is 0.636. The highest BCUT2D eigenvalue weighted by Crippen LogP contribution is 2.27. The van der Waals surface area contributed by atoms with Crippen LogP contribution in [0.1, 0.15) is 35.6 Å². The monoisotopic (exact) mass is 378 g/mol. The van der Waals surface area contributed by atoms with E-state index in [1.54, 1.807) is 6.07 Å². The summed E-state index contributed by atoms with van der Waals surface area (Å²) in [5, 5.41) is 1.49. The topological polar surface area (TPSA) is 0 Å². The van der Waals surface area contributed by atoms with E-state index in [0.29, 0.717) is 10.9 Å². The van der Waals surface area contributed by atoms with Crippen LogP contribution in [0.5, 0.6) is 0 Å². The Morgan fingerprint density at radius 3 is 2.21 bits per heavy atom. The maximum Gasteiger partial charge on any atom is 0.146 e. The first kappa shape index (κ1) is 19.0. The molecular formula is C28H23F. The molecule has 0 aliphatic heterocycles. The van der Waals surface area contributed by atoms with Gasteiger partial charge in [-0.2, -0.15) is 0 Å². The molecule has 1 heteroatoms. The van der Waals surface area contributed by atoms with Crippen molar-refractivity contribution in [1.82, 2.24) is 0 Å². The van der Waals surface area contributed by atoms with E-state index in [-0.39, 0.29) is 5.82 Å². The first-order chi connectivity index (χ1) is 14.1. The van der Waals surface area contributed by atoms with Crippen LogP contribution in [0, 0.1) is 24.6 Å². The zero-order valence-electron chi connectivity index (χ0n) is 16.8. The lowest BCUT2D eigenvalue weighted by Gasteiger charge is -2.07. The second kappa shape index (κ2) is 8.33. The smallest absolute Gasteiger partial charge is 0.146 e. The molecule has 0 heterocycles. The molecule has 0 aromatic heterocycles. The van der Waals surface area contributed by atoms with Gasteiger partial charge < -0.3 is 0 Å². The maximum absolute atomic E-state index is 15.0. The number of halogens is 1. The molecule has 0 fully saturated rings. The minimum absolute atomic E-state index is 0.256. The van der Waals surface area contributed by atoms with Gasteiger partial charge in [-0.3, -0.25) is 0 Å². The largest absolute Gasteiger partial charge is 0.205 e. The van der Waals surface area contributed by atoms with Crippen molar-refractivity contribution in [2.45, 2.75) is 26.7 Å². The molecule has 0 bridgehead atoms. The summed E-state index contributed by atoms with van der Waals surface area (Å²) in [6.07, 6.45) is 2.19. The Labute approximate surface area is 172 Å². The van der Waals surface area contributed by atoms with Gasteiger partial charge in [0, 0.05) is 10.9 Å². The van der Waals surface area contributed by atoms with Gasteiger partial charge in [0.05, 0.1) is 5.56 Å². The fourth-order valence-electron chi connectivity index (χ4n) is 3.50. The van der Waals surface area contributed by atoms with Gasteiger partial charge in [-0.05, 0) is 59.7 Å². The lowest BCUT2D eigenvalue weighted by atomic mass is 9.99. The average Bonchev–Trinajstić information content (AvgIpc) is 2.75. The van der Waals surface area contributed by atoms with Crippen molar-refractivity contribution in [2.75, 3.05) is 0 Å². The Bertz CT molecular complexity index is 1200. The van der Waals surface area contributed by atoms with Crippen LogP contribution in [0.2, 0.25) is 0 Å². The predicted molar refractivity (Wildman–Crippen MR) is 120 cm³/mol. The fourth-order valence-corrected chi connectivity index (χ4v) is 3.50. The van der Waals surface area contributed by atoms with Gasteiger partial charge in [0.1, 0.15) is 5.82 Å². The molecule has 4 rings (SSSR count). The molecule has 0 radical (unpaired) electrons. The summed E-state index contributed by atoms with van der Waals surface area (Å²) in [4.78, 5) is 0. The SMILES string of the molecule is CCCc1ccc(C#Cc2ccc3cc(-c4ccc(C)cc4)ccc3c2F)cc1. The molecule has 29 heavy (non-hydrogen) atoms. The van der Waals surface area contributed by atoms with Crippen molar-refractivity contribution >= 4 is 10.8 Å². The summed E-state index contributed by atoms with van der Waals surface area (Å²) in [6, 6.07) is 26.2. The first-order valence-corrected chi connectivity index (χ1v) is 10.0. The number of rotatable bonds is 3. The molecule has 0 unspecified atom stereocenters. The van der Waals surface area contributed by atoms with E-state index in [4.69, 9.17) is 0 Å². The quantitative estimate of drug-likeness (QED) is 0.328. The van der Waals surface area contributed by atoms with Crippen molar-refractivity contribution in [3.63, 3.8) is 0 Å². The van der Waals surface area contributed by atoms with Crippen LogP contribution in [0.4, 0.5) is 4.39 Å².